The van der Waals surface area contributed by atoms with Crippen LogP contribution in [0.3, 0.4) is 0 Å². The molecule has 0 aliphatic rings. The number of fused-ring (bicyclic) bond motifs is 3. The second-order valence-electron chi connectivity index (χ2n) is 11.1. The maximum Gasteiger partial charge on any atom is 0.172 e. The van der Waals surface area contributed by atoms with E-state index in [-0.39, 0.29) is 0 Å². The van der Waals surface area contributed by atoms with Gasteiger partial charge in [0.15, 0.2) is 44.9 Å². The summed E-state index contributed by atoms with van der Waals surface area (Å²) in [6, 6.07) is 0. The zero-order valence-corrected chi connectivity index (χ0v) is 26.7. The molecular formula is C32H30F8N4S2. The predicted octanol–water partition coefficient (Wildman–Crippen LogP) is 11.2. The molecule has 0 aliphatic heterocycles. The van der Waals surface area contributed by atoms with E-state index in [1.807, 2.05) is 0 Å². The monoisotopic (exact) mass is 686 g/mol. The number of nitrogens with zero attached hydrogens (tertiary/aromatic N) is 4. The van der Waals surface area contributed by atoms with Crippen molar-refractivity contribution in [1.29, 1.82) is 0 Å². The lowest BCUT2D eigenvalue weighted by Gasteiger charge is -2.15. The summed E-state index contributed by atoms with van der Waals surface area (Å²) < 4.78 is 125. The van der Waals surface area contributed by atoms with E-state index in [1.54, 1.807) is 0 Å². The Kier molecular flexibility index (Phi) is 10.9. The van der Waals surface area contributed by atoms with E-state index in [0.717, 1.165) is 80.5 Å². The summed E-state index contributed by atoms with van der Waals surface area (Å²) in [5.74, 6) is -15.8. The van der Waals surface area contributed by atoms with E-state index < -0.39 is 89.2 Å². The minimum absolute atomic E-state index is 0.381. The lowest BCUT2D eigenvalue weighted by Crippen LogP contribution is -2.06. The van der Waals surface area contributed by atoms with Crippen LogP contribution in [0, 0.1) is 46.5 Å². The first-order valence-electron chi connectivity index (χ1n) is 15.2. The summed E-state index contributed by atoms with van der Waals surface area (Å²) in [7, 11) is 0. The SMILES string of the molecule is CCCCCCCc1nnc(-c2c(F)c(F)c3c(c2F)c(F)c(F)c2c(F)c(F)c(-c4nnc(CCCCCCC)s4)c(F)c23)s1. The highest BCUT2D eigenvalue weighted by molar-refractivity contribution is 7.15. The van der Waals surface area contributed by atoms with Gasteiger partial charge in [0.2, 0.25) is 0 Å². The fourth-order valence-electron chi connectivity index (χ4n) is 5.47. The fourth-order valence-corrected chi connectivity index (χ4v) is 7.30. The number of hydrogen-bond donors (Lipinski definition) is 0. The van der Waals surface area contributed by atoms with Gasteiger partial charge in [0.1, 0.15) is 21.6 Å². The van der Waals surface area contributed by atoms with Gasteiger partial charge in [0.25, 0.3) is 0 Å². The Morgan fingerprint density at radius 2 is 0.739 bits per heavy atom. The maximum atomic E-state index is 16.1. The highest BCUT2D eigenvalue weighted by Gasteiger charge is 2.35. The quantitative estimate of drug-likeness (QED) is 0.0505. The average molecular weight is 687 g/mol. The zero-order valence-electron chi connectivity index (χ0n) is 25.1. The van der Waals surface area contributed by atoms with Gasteiger partial charge in [-0.1, -0.05) is 87.9 Å². The van der Waals surface area contributed by atoms with E-state index in [0.29, 0.717) is 29.3 Å². The minimum Gasteiger partial charge on any atom is -0.205 e. The van der Waals surface area contributed by atoms with Crippen molar-refractivity contribution in [2.24, 2.45) is 0 Å². The molecule has 2 heterocycles. The van der Waals surface area contributed by atoms with Gasteiger partial charge < -0.3 is 0 Å². The highest BCUT2D eigenvalue weighted by Crippen LogP contribution is 2.45. The van der Waals surface area contributed by atoms with Crippen molar-refractivity contribution in [2.75, 3.05) is 0 Å². The summed E-state index contributed by atoms with van der Waals surface area (Å²) in [6.45, 7) is 4.12. The third kappa shape index (κ3) is 6.34. The summed E-state index contributed by atoms with van der Waals surface area (Å²) >= 11 is 1.48. The third-order valence-corrected chi connectivity index (χ3v) is 9.87. The molecule has 0 amide bonds. The van der Waals surface area contributed by atoms with Crippen LogP contribution in [-0.4, -0.2) is 20.4 Å². The van der Waals surface area contributed by atoms with E-state index in [2.05, 4.69) is 34.2 Å². The van der Waals surface area contributed by atoms with Gasteiger partial charge >= 0.3 is 0 Å². The van der Waals surface area contributed by atoms with Crippen LogP contribution in [0.2, 0.25) is 0 Å². The molecule has 3 aromatic carbocycles. The first-order valence-corrected chi connectivity index (χ1v) is 16.9. The van der Waals surface area contributed by atoms with Gasteiger partial charge in [-0.05, 0) is 12.8 Å². The van der Waals surface area contributed by atoms with Crippen LogP contribution < -0.4 is 0 Å². The van der Waals surface area contributed by atoms with Gasteiger partial charge in [-0.25, -0.2) is 35.1 Å². The fraction of sp³-hybridized carbons (Fsp3) is 0.438. The Bertz CT molecular complexity index is 1890. The highest BCUT2D eigenvalue weighted by atomic mass is 32.1. The molecule has 5 rings (SSSR count). The molecule has 0 N–H and O–H groups in total. The Labute approximate surface area is 267 Å². The van der Waals surface area contributed by atoms with Crippen molar-refractivity contribution in [3.8, 4) is 21.1 Å². The normalized spacial score (nSPS) is 11.9. The van der Waals surface area contributed by atoms with Gasteiger partial charge in [0.05, 0.1) is 21.9 Å². The number of aryl methyl sites for hydroxylation is 2. The predicted molar refractivity (Wildman–Crippen MR) is 164 cm³/mol. The second-order valence-corrected chi connectivity index (χ2v) is 13.2. The summed E-state index contributed by atoms with van der Waals surface area (Å²) in [4.78, 5) is 0. The van der Waals surface area contributed by atoms with E-state index in [4.69, 9.17) is 0 Å². The van der Waals surface area contributed by atoms with Crippen LogP contribution >= 0.6 is 22.7 Å². The van der Waals surface area contributed by atoms with Crippen LogP contribution in [0.1, 0.15) is 88.1 Å². The molecule has 0 atom stereocenters. The molecule has 0 unspecified atom stereocenters. The van der Waals surface area contributed by atoms with Gasteiger partial charge in [-0.3, -0.25) is 0 Å². The van der Waals surface area contributed by atoms with Crippen molar-refractivity contribution >= 4 is 44.2 Å². The molecule has 0 radical (unpaired) electrons. The van der Waals surface area contributed by atoms with Crippen molar-refractivity contribution < 1.29 is 35.1 Å². The largest absolute Gasteiger partial charge is 0.205 e. The number of rotatable bonds is 14. The average Bonchev–Trinajstić information content (AvgIpc) is 3.70. The van der Waals surface area contributed by atoms with Gasteiger partial charge in [-0.2, -0.15) is 0 Å². The van der Waals surface area contributed by atoms with E-state index in [9.17, 15) is 0 Å². The molecule has 2 aromatic heterocycles. The first kappa shape index (κ1) is 34.1. The number of benzene rings is 3. The smallest absolute Gasteiger partial charge is 0.172 e. The topological polar surface area (TPSA) is 51.6 Å². The molecular weight excluding hydrogens is 656 g/mol. The molecule has 5 aromatic rings. The summed E-state index contributed by atoms with van der Waals surface area (Å²) in [5, 5.41) is 9.23. The Hall–Kier alpha value is -3.26. The Morgan fingerprint density at radius 1 is 0.391 bits per heavy atom. The lowest BCUT2D eigenvalue weighted by molar-refractivity contribution is 0.486. The van der Waals surface area contributed by atoms with Gasteiger partial charge in [0, 0.05) is 23.6 Å². The molecule has 0 aliphatic carbocycles. The summed E-state index contributed by atoms with van der Waals surface area (Å²) in [6.07, 6.45) is 10.2. The Morgan fingerprint density at radius 3 is 1.20 bits per heavy atom. The number of hydrogen-bond acceptors (Lipinski definition) is 6. The molecule has 0 saturated heterocycles. The second kappa shape index (κ2) is 14.7. The molecule has 0 saturated carbocycles. The molecule has 0 spiro atoms. The molecule has 14 heteroatoms. The molecule has 246 valence electrons. The summed E-state index contributed by atoms with van der Waals surface area (Å²) in [5.41, 5.74) is -2.27. The number of unbranched alkanes of at least 4 members (excludes halogenated alkanes) is 8. The van der Waals surface area contributed by atoms with E-state index >= 15 is 35.1 Å². The van der Waals surface area contributed by atoms with Crippen LogP contribution in [0.4, 0.5) is 35.1 Å². The van der Waals surface area contributed by atoms with Gasteiger partial charge in [-0.15, -0.1) is 20.4 Å². The lowest BCUT2D eigenvalue weighted by atomic mass is 9.94. The number of halogens is 8. The van der Waals surface area contributed by atoms with Crippen molar-refractivity contribution in [1.82, 2.24) is 20.4 Å². The first-order chi connectivity index (χ1) is 22.1. The van der Waals surface area contributed by atoms with Crippen molar-refractivity contribution in [3.05, 3.63) is 56.6 Å². The molecule has 0 fully saturated rings. The number of aromatic nitrogens is 4. The van der Waals surface area contributed by atoms with Crippen LogP contribution in [-0.2, 0) is 12.8 Å². The van der Waals surface area contributed by atoms with Crippen LogP contribution in [0.15, 0.2) is 0 Å². The van der Waals surface area contributed by atoms with Crippen molar-refractivity contribution in [3.63, 3.8) is 0 Å². The van der Waals surface area contributed by atoms with Crippen LogP contribution in [0.25, 0.3) is 42.7 Å². The van der Waals surface area contributed by atoms with E-state index in [1.165, 1.54) is 0 Å². The van der Waals surface area contributed by atoms with Crippen molar-refractivity contribution in [2.45, 2.75) is 90.9 Å². The Balaban J connectivity index is 1.63. The van der Waals surface area contributed by atoms with Crippen LogP contribution in [0.5, 0.6) is 0 Å². The molecule has 46 heavy (non-hydrogen) atoms. The maximum absolute atomic E-state index is 16.1. The zero-order chi connectivity index (χ0) is 33.1. The standard InChI is InChI=1S/C32H30F8N4S2/c1-3-5-7-9-11-13-15-41-43-31(45-15)21-23(33)17-18-19(26(36)27(37)20(17)28(38)30(21)40)24(34)22(29(39)25(18)35)32-44-42-16(46-32)14-12-10-8-6-4-2/h3-14H2,1-2H3. The third-order valence-electron chi connectivity index (χ3n) is 7.87. The molecule has 4 nitrogen and oxygen atoms in total. The minimum atomic E-state index is -2.17. The molecule has 0 bridgehead atoms.